The monoisotopic (exact) mass is 306 g/mol. The molecule has 1 aromatic carbocycles. The van der Waals surface area contributed by atoms with Crippen LogP contribution in [0.3, 0.4) is 0 Å². The van der Waals surface area contributed by atoms with E-state index in [9.17, 15) is 4.79 Å². The van der Waals surface area contributed by atoms with Gasteiger partial charge in [0.1, 0.15) is 0 Å². The van der Waals surface area contributed by atoms with E-state index in [4.69, 9.17) is 10.2 Å². The van der Waals surface area contributed by atoms with Crippen LogP contribution < -0.4 is 11.1 Å². The highest BCUT2D eigenvalue weighted by Gasteiger charge is 2.13. The van der Waals surface area contributed by atoms with Crippen molar-refractivity contribution in [3.63, 3.8) is 0 Å². The number of carbonyl (C=O) groups excluding carboxylic acids is 1. The number of benzene rings is 1. The minimum Gasteiger partial charge on any atom is -0.408 e. The number of amides is 1. The topological polar surface area (TPSA) is 94.0 Å². The molecule has 0 radical (unpaired) electrons. The summed E-state index contributed by atoms with van der Waals surface area (Å²) in [7, 11) is 0. The molecule has 0 unspecified atom stereocenters. The first-order chi connectivity index (χ1) is 9.97. The molecule has 2 rings (SSSR count). The molecule has 2 aromatic rings. The summed E-state index contributed by atoms with van der Waals surface area (Å²) >= 11 is 1.37. The molecule has 1 heterocycles. The standard InChI is InChI=1S/C14H18N4O2S/c1-8(2)13-17-18-14(20-13)16-11(19)7-21-10-6-4-5-9(3)12(10)15/h4-6,8H,7,15H2,1-3H3,(H,16,18,19). The molecule has 0 bridgehead atoms. The van der Waals surface area contributed by atoms with E-state index < -0.39 is 0 Å². The van der Waals surface area contributed by atoms with Gasteiger partial charge in [0.15, 0.2) is 0 Å². The largest absolute Gasteiger partial charge is 0.408 e. The third-order valence-corrected chi connectivity index (χ3v) is 3.90. The molecule has 0 spiro atoms. The number of hydrogen-bond donors (Lipinski definition) is 2. The van der Waals surface area contributed by atoms with Crippen molar-refractivity contribution in [3.05, 3.63) is 29.7 Å². The number of hydrogen-bond acceptors (Lipinski definition) is 6. The molecule has 0 atom stereocenters. The Hall–Kier alpha value is -2.02. The highest BCUT2D eigenvalue weighted by molar-refractivity contribution is 8.00. The van der Waals surface area contributed by atoms with Gasteiger partial charge in [-0.3, -0.25) is 10.1 Å². The average molecular weight is 306 g/mol. The van der Waals surface area contributed by atoms with Crippen LogP contribution in [0.5, 0.6) is 0 Å². The zero-order chi connectivity index (χ0) is 15.4. The SMILES string of the molecule is Cc1cccc(SCC(=O)Nc2nnc(C(C)C)o2)c1N. The Balaban J connectivity index is 1.91. The maximum atomic E-state index is 11.9. The molecule has 112 valence electrons. The fourth-order valence-electron chi connectivity index (χ4n) is 1.60. The van der Waals surface area contributed by atoms with Crippen LogP contribution in [-0.4, -0.2) is 21.9 Å². The summed E-state index contributed by atoms with van der Waals surface area (Å²) in [6.07, 6.45) is 0. The number of para-hydroxylation sites is 1. The second kappa shape index (κ2) is 6.62. The second-order valence-electron chi connectivity index (χ2n) is 4.92. The number of carbonyl (C=O) groups is 1. The summed E-state index contributed by atoms with van der Waals surface area (Å²) < 4.78 is 5.32. The number of nitrogens with zero attached hydrogens (tertiary/aromatic N) is 2. The van der Waals surface area contributed by atoms with Gasteiger partial charge in [-0.2, -0.15) is 0 Å². The van der Waals surface area contributed by atoms with E-state index in [1.54, 1.807) is 0 Å². The molecule has 3 N–H and O–H groups in total. The van der Waals surface area contributed by atoms with Gasteiger partial charge in [-0.05, 0) is 18.6 Å². The maximum Gasteiger partial charge on any atom is 0.322 e. The highest BCUT2D eigenvalue weighted by atomic mass is 32.2. The normalized spacial score (nSPS) is 10.9. The zero-order valence-electron chi connectivity index (χ0n) is 12.2. The zero-order valence-corrected chi connectivity index (χ0v) is 13.0. The van der Waals surface area contributed by atoms with E-state index in [0.717, 1.165) is 10.5 Å². The third-order valence-electron chi connectivity index (χ3n) is 2.82. The minimum absolute atomic E-state index is 0.126. The van der Waals surface area contributed by atoms with Crippen LogP contribution in [0.25, 0.3) is 0 Å². The molecule has 21 heavy (non-hydrogen) atoms. The Morgan fingerprint density at radius 2 is 2.19 bits per heavy atom. The molecule has 1 aromatic heterocycles. The number of rotatable bonds is 5. The number of anilines is 2. The van der Waals surface area contributed by atoms with Gasteiger partial charge < -0.3 is 10.2 Å². The molecule has 0 saturated heterocycles. The van der Waals surface area contributed by atoms with Crippen LogP contribution in [0.2, 0.25) is 0 Å². The summed E-state index contributed by atoms with van der Waals surface area (Å²) in [6, 6.07) is 5.87. The van der Waals surface area contributed by atoms with E-state index in [1.165, 1.54) is 11.8 Å². The maximum absolute atomic E-state index is 11.9. The van der Waals surface area contributed by atoms with Crippen molar-refractivity contribution in [2.24, 2.45) is 0 Å². The molecule has 0 aliphatic carbocycles. The van der Waals surface area contributed by atoms with Crippen LogP contribution in [0, 0.1) is 6.92 Å². The van der Waals surface area contributed by atoms with Crippen molar-refractivity contribution in [1.29, 1.82) is 0 Å². The van der Waals surface area contributed by atoms with Crippen molar-refractivity contribution >= 4 is 29.4 Å². The molecule has 0 saturated carbocycles. The number of nitrogen functional groups attached to an aromatic ring is 1. The predicted octanol–water partition coefficient (Wildman–Crippen LogP) is 2.81. The summed E-state index contributed by atoms with van der Waals surface area (Å²) in [4.78, 5) is 12.7. The quantitative estimate of drug-likeness (QED) is 0.651. The van der Waals surface area contributed by atoms with E-state index >= 15 is 0 Å². The molecule has 7 heteroatoms. The summed E-state index contributed by atoms with van der Waals surface area (Å²) in [5.74, 6) is 0.651. The Bertz CT molecular complexity index is 640. The number of nitrogens with one attached hydrogen (secondary N) is 1. The van der Waals surface area contributed by atoms with Crippen LogP contribution in [0.4, 0.5) is 11.7 Å². The van der Waals surface area contributed by atoms with E-state index in [0.29, 0.717) is 11.6 Å². The first kappa shape index (κ1) is 15.4. The van der Waals surface area contributed by atoms with E-state index in [-0.39, 0.29) is 23.6 Å². The molecular formula is C14H18N4O2S. The Labute approximate surface area is 127 Å². The predicted molar refractivity (Wildman–Crippen MR) is 83.3 cm³/mol. The van der Waals surface area contributed by atoms with Gasteiger partial charge >= 0.3 is 6.01 Å². The van der Waals surface area contributed by atoms with Crippen LogP contribution in [-0.2, 0) is 4.79 Å². The van der Waals surface area contributed by atoms with Crippen molar-refractivity contribution in [2.75, 3.05) is 16.8 Å². The van der Waals surface area contributed by atoms with Crippen LogP contribution in [0.15, 0.2) is 27.5 Å². The lowest BCUT2D eigenvalue weighted by Crippen LogP contribution is -2.14. The van der Waals surface area contributed by atoms with Gasteiger partial charge in [-0.1, -0.05) is 31.1 Å². The van der Waals surface area contributed by atoms with Crippen LogP contribution in [0.1, 0.15) is 31.2 Å². The number of nitrogens with two attached hydrogens (primary N) is 1. The van der Waals surface area contributed by atoms with E-state index in [2.05, 4.69) is 15.5 Å². The molecular weight excluding hydrogens is 288 g/mol. The number of aromatic nitrogens is 2. The summed E-state index contributed by atoms with van der Waals surface area (Å²) in [6.45, 7) is 5.82. The fraction of sp³-hybridized carbons (Fsp3) is 0.357. The molecule has 0 fully saturated rings. The number of aryl methyl sites for hydroxylation is 1. The minimum atomic E-state index is -0.208. The van der Waals surface area contributed by atoms with Crippen molar-refractivity contribution < 1.29 is 9.21 Å². The highest BCUT2D eigenvalue weighted by Crippen LogP contribution is 2.27. The first-order valence-electron chi connectivity index (χ1n) is 6.58. The van der Waals surface area contributed by atoms with Gasteiger partial charge in [0.05, 0.1) is 5.75 Å². The molecule has 0 aliphatic rings. The lowest BCUT2D eigenvalue weighted by molar-refractivity contribution is -0.113. The smallest absolute Gasteiger partial charge is 0.322 e. The lowest BCUT2D eigenvalue weighted by atomic mass is 10.2. The number of thioether (sulfide) groups is 1. The van der Waals surface area contributed by atoms with Crippen molar-refractivity contribution in [2.45, 2.75) is 31.6 Å². The van der Waals surface area contributed by atoms with Gasteiger partial charge in [-0.15, -0.1) is 16.9 Å². The van der Waals surface area contributed by atoms with Gasteiger partial charge in [0, 0.05) is 16.5 Å². The van der Waals surface area contributed by atoms with Crippen LogP contribution >= 0.6 is 11.8 Å². The van der Waals surface area contributed by atoms with Gasteiger partial charge in [0.2, 0.25) is 11.8 Å². The van der Waals surface area contributed by atoms with Crippen molar-refractivity contribution in [1.82, 2.24) is 10.2 Å². The fourth-order valence-corrected chi connectivity index (χ4v) is 2.45. The summed E-state index contributed by atoms with van der Waals surface area (Å²) in [5, 5.41) is 10.2. The van der Waals surface area contributed by atoms with Crippen molar-refractivity contribution in [3.8, 4) is 0 Å². The first-order valence-corrected chi connectivity index (χ1v) is 7.57. The Kier molecular flexibility index (Phi) is 4.85. The Morgan fingerprint density at radius 3 is 2.86 bits per heavy atom. The molecule has 1 amide bonds. The lowest BCUT2D eigenvalue weighted by Gasteiger charge is -2.07. The molecule has 6 nitrogen and oxygen atoms in total. The second-order valence-corrected chi connectivity index (χ2v) is 5.94. The molecule has 0 aliphatic heterocycles. The van der Waals surface area contributed by atoms with Gasteiger partial charge in [-0.25, -0.2) is 0 Å². The van der Waals surface area contributed by atoms with Gasteiger partial charge in [0.25, 0.3) is 0 Å². The third kappa shape index (κ3) is 3.98. The average Bonchev–Trinajstić information content (AvgIpc) is 2.89. The summed E-state index contributed by atoms with van der Waals surface area (Å²) in [5.41, 5.74) is 7.67. The van der Waals surface area contributed by atoms with E-state index in [1.807, 2.05) is 39.0 Å². The Morgan fingerprint density at radius 1 is 1.43 bits per heavy atom.